The molecule has 0 amide bonds. The van der Waals surface area contributed by atoms with Gasteiger partial charge >= 0.3 is 0 Å². The van der Waals surface area contributed by atoms with E-state index < -0.39 is 22.9 Å². The molecule has 1 aromatic carbocycles. The number of benzene rings is 1. The van der Waals surface area contributed by atoms with Crippen LogP contribution in [0.25, 0.3) is 0 Å². The monoisotopic (exact) mass is 239 g/mol. The Morgan fingerprint density at radius 2 is 2.12 bits per heavy atom. The van der Waals surface area contributed by atoms with Gasteiger partial charge in [-0.25, -0.2) is 13.6 Å². The third kappa shape index (κ3) is 1.72. The first kappa shape index (κ1) is 11.7. The molecule has 2 rings (SSSR count). The van der Waals surface area contributed by atoms with Crippen LogP contribution in [0.15, 0.2) is 17.1 Å². The molecule has 5 heteroatoms. The van der Waals surface area contributed by atoms with E-state index in [9.17, 15) is 13.6 Å². The molecule has 17 heavy (non-hydrogen) atoms. The van der Waals surface area contributed by atoms with Crippen molar-refractivity contribution in [1.82, 2.24) is 0 Å². The standard InChI is InChI=1S/C12H11F2NO2/c1-17-11-9(13)4-3-8(10(11)14)12(15-7-16)5-2-6-12/h3-4H,2,5-6H2,1H3. The quantitative estimate of drug-likeness (QED) is 0.600. The van der Waals surface area contributed by atoms with Crippen molar-refractivity contribution < 1.29 is 18.3 Å². The van der Waals surface area contributed by atoms with Crippen LogP contribution in [0.1, 0.15) is 24.8 Å². The normalized spacial score (nSPS) is 16.9. The summed E-state index contributed by atoms with van der Waals surface area (Å²) in [7, 11) is 1.20. The lowest BCUT2D eigenvalue weighted by atomic mass is 9.72. The molecule has 90 valence electrons. The van der Waals surface area contributed by atoms with Crippen LogP contribution >= 0.6 is 0 Å². The van der Waals surface area contributed by atoms with Crippen molar-refractivity contribution in [2.45, 2.75) is 24.8 Å². The lowest BCUT2D eigenvalue weighted by Gasteiger charge is -2.37. The van der Waals surface area contributed by atoms with Crippen LogP contribution in [0.2, 0.25) is 0 Å². The molecule has 3 nitrogen and oxygen atoms in total. The number of carbonyl (C=O) groups excluding carboxylic acids is 1. The molecule has 0 spiro atoms. The van der Waals surface area contributed by atoms with Gasteiger partial charge in [0.2, 0.25) is 6.08 Å². The fourth-order valence-electron chi connectivity index (χ4n) is 2.12. The van der Waals surface area contributed by atoms with Gasteiger partial charge in [0.15, 0.2) is 17.4 Å². The van der Waals surface area contributed by atoms with Gasteiger partial charge in [-0.15, -0.1) is 0 Å². The highest BCUT2D eigenvalue weighted by atomic mass is 19.1. The van der Waals surface area contributed by atoms with Crippen LogP contribution in [0.5, 0.6) is 5.75 Å². The highest BCUT2D eigenvalue weighted by molar-refractivity contribution is 5.43. The minimum atomic E-state index is -0.882. The number of nitrogens with zero attached hydrogens (tertiary/aromatic N) is 1. The van der Waals surface area contributed by atoms with Crippen molar-refractivity contribution in [3.8, 4) is 5.75 Å². The molecule has 1 fully saturated rings. The summed E-state index contributed by atoms with van der Waals surface area (Å²) in [6.07, 6.45) is 3.44. The Kier molecular flexibility index (Phi) is 2.94. The Balaban J connectivity index is 2.56. The second-order valence-electron chi connectivity index (χ2n) is 4.03. The zero-order valence-corrected chi connectivity index (χ0v) is 9.30. The van der Waals surface area contributed by atoms with Crippen molar-refractivity contribution in [2.75, 3.05) is 7.11 Å². The second kappa shape index (κ2) is 4.26. The fourth-order valence-corrected chi connectivity index (χ4v) is 2.12. The van der Waals surface area contributed by atoms with E-state index in [-0.39, 0.29) is 5.56 Å². The van der Waals surface area contributed by atoms with Gasteiger partial charge in [0, 0.05) is 5.56 Å². The predicted molar refractivity (Wildman–Crippen MR) is 56.6 cm³/mol. The average molecular weight is 239 g/mol. The summed E-state index contributed by atoms with van der Waals surface area (Å²) < 4.78 is 31.9. The number of hydrogen-bond donors (Lipinski definition) is 0. The van der Waals surface area contributed by atoms with Crippen molar-refractivity contribution in [1.29, 1.82) is 0 Å². The van der Waals surface area contributed by atoms with Gasteiger partial charge in [0.1, 0.15) is 5.54 Å². The van der Waals surface area contributed by atoms with Crippen LogP contribution in [-0.4, -0.2) is 13.2 Å². The van der Waals surface area contributed by atoms with Crippen molar-refractivity contribution in [3.05, 3.63) is 29.3 Å². The second-order valence-corrected chi connectivity index (χ2v) is 4.03. The summed E-state index contributed by atoms with van der Waals surface area (Å²) in [6.45, 7) is 0. The fraction of sp³-hybridized carbons (Fsp3) is 0.417. The predicted octanol–water partition coefficient (Wildman–Crippen LogP) is 2.69. The minimum absolute atomic E-state index is 0.199. The summed E-state index contributed by atoms with van der Waals surface area (Å²) in [5.41, 5.74) is -0.683. The zero-order chi connectivity index (χ0) is 12.5. The summed E-state index contributed by atoms with van der Waals surface area (Å²) >= 11 is 0. The molecule has 0 bridgehead atoms. The lowest BCUT2D eigenvalue weighted by molar-refractivity contribution is 0.242. The van der Waals surface area contributed by atoms with E-state index in [1.165, 1.54) is 19.3 Å². The van der Waals surface area contributed by atoms with E-state index in [4.69, 9.17) is 0 Å². The average Bonchev–Trinajstić information content (AvgIpc) is 2.25. The van der Waals surface area contributed by atoms with Gasteiger partial charge in [-0.1, -0.05) is 6.07 Å². The first-order chi connectivity index (χ1) is 8.14. The molecule has 0 aromatic heterocycles. The number of methoxy groups -OCH3 is 1. The van der Waals surface area contributed by atoms with Gasteiger partial charge in [-0.3, -0.25) is 0 Å². The Bertz CT molecular complexity index is 492. The first-order valence-corrected chi connectivity index (χ1v) is 5.26. The van der Waals surface area contributed by atoms with Crippen molar-refractivity contribution >= 4 is 6.08 Å². The molecule has 1 saturated carbocycles. The number of halogens is 2. The molecule has 1 aliphatic carbocycles. The summed E-state index contributed by atoms with van der Waals surface area (Å²) in [5, 5.41) is 0. The molecule has 0 heterocycles. The third-order valence-corrected chi connectivity index (χ3v) is 3.19. The zero-order valence-electron chi connectivity index (χ0n) is 9.30. The Hall–Kier alpha value is -1.74. The van der Waals surface area contributed by atoms with Crippen LogP contribution in [0, 0.1) is 11.6 Å². The van der Waals surface area contributed by atoms with E-state index in [0.29, 0.717) is 12.8 Å². The minimum Gasteiger partial charge on any atom is -0.491 e. The van der Waals surface area contributed by atoms with Gasteiger partial charge in [0.25, 0.3) is 0 Å². The number of isocyanates is 1. The van der Waals surface area contributed by atoms with Gasteiger partial charge in [-0.2, -0.15) is 4.99 Å². The summed E-state index contributed by atoms with van der Waals surface area (Å²) in [5.74, 6) is -1.99. The highest BCUT2D eigenvalue weighted by Gasteiger charge is 2.42. The smallest absolute Gasteiger partial charge is 0.235 e. The van der Waals surface area contributed by atoms with Gasteiger partial charge < -0.3 is 4.74 Å². The van der Waals surface area contributed by atoms with Crippen LogP contribution < -0.4 is 4.74 Å². The topological polar surface area (TPSA) is 38.7 Å². The van der Waals surface area contributed by atoms with Crippen LogP contribution in [0.3, 0.4) is 0 Å². The molecule has 0 aliphatic heterocycles. The maximum Gasteiger partial charge on any atom is 0.235 e. The van der Waals surface area contributed by atoms with Crippen LogP contribution in [-0.2, 0) is 10.3 Å². The largest absolute Gasteiger partial charge is 0.491 e. The van der Waals surface area contributed by atoms with Crippen molar-refractivity contribution in [2.24, 2.45) is 4.99 Å². The number of ether oxygens (including phenoxy) is 1. The maximum atomic E-state index is 14.0. The molecule has 1 aromatic rings. The Morgan fingerprint density at radius 3 is 2.59 bits per heavy atom. The van der Waals surface area contributed by atoms with E-state index in [1.807, 2.05) is 0 Å². The molecule has 0 radical (unpaired) electrons. The number of aliphatic imine (C=N–C) groups is 1. The molecule has 0 atom stereocenters. The summed E-state index contributed by atoms with van der Waals surface area (Å²) in [6, 6.07) is 2.44. The molecular weight excluding hydrogens is 228 g/mol. The maximum absolute atomic E-state index is 14.0. The lowest BCUT2D eigenvalue weighted by Crippen LogP contribution is -2.33. The van der Waals surface area contributed by atoms with Crippen molar-refractivity contribution in [3.63, 3.8) is 0 Å². The van der Waals surface area contributed by atoms with Crippen LogP contribution in [0.4, 0.5) is 8.78 Å². The Morgan fingerprint density at radius 1 is 1.41 bits per heavy atom. The van der Waals surface area contributed by atoms with E-state index in [0.717, 1.165) is 12.5 Å². The summed E-state index contributed by atoms with van der Waals surface area (Å²) in [4.78, 5) is 14.1. The van der Waals surface area contributed by atoms with Gasteiger partial charge in [-0.05, 0) is 25.3 Å². The van der Waals surface area contributed by atoms with E-state index in [2.05, 4.69) is 9.73 Å². The Labute approximate surface area is 97.1 Å². The molecule has 0 saturated heterocycles. The molecular formula is C12H11F2NO2. The van der Waals surface area contributed by atoms with E-state index in [1.54, 1.807) is 0 Å². The third-order valence-electron chi connectivity index (χ3n) is 3.19. The number of rotatable bonds is 3. The molecule has 0 N–H and O–H groups in total. The van der Waals surface area contributed by atoms with E-state index >= 15 is 0 Å². The highest BCUT2D eigenvalue weighted by Crippen LogP contribution is 2.47. The molecule has 0 unspecified atom stereocenters. The SMILES string of the molecule is COc1c(F)ccc(C2(N=C=O)CCC2)c1F. The number of hydrogen-bond acceptors (Lipinski definition) is 3. The first-order valence-electron chi connectivity index (χ1n) is 5.26. The molecule has 1 aliphatic rings. The van der Waals surface area contributed by atoms with Gasteiger partial charge in [0.05, 0.1) is 7.11 Å².